The molecule has 4 nitrogen and oxygen atoms in total. The largest absolute Gasteiger partial charge is 0.466 e. The van der Waals surface area contributed by atoms with Crippen LogP contribution in [0.3, 0.4) is 0 Å². The highest BCUT2D eigenvalue weighted by Crippen LogP contribution is 2.19. The molecule has 0 heterocycles. The van der Waals surface area contributed by atoms with Crippen LogP contribution in [0.4, 0.5) is 0 Å². The minimum atomic E-state index is -0.421. The van der Waals surface area contributed by atoms with Gasteiger partial charge >= 0.3 is 11.9 Å². The number of ether oxygens (including phenoxy) is 2. The lowest BCUT2D eigenvalue weighted by Crippen LogP contribution is -2.28. The van der Waals surface area contributed by atoms with E-state index in [0.29, 0.717) is 6.61 Å². The molecule has 0 saturated carbocycles. The molecule has 0 aliphatic rings. The molecular weight excluding hydrogens is 400 g/mol. The highest BCUT2D eigenvalue weighted by molar-refractivity contribution is 5.80. The normalized spacial score (nSPS) is 12.3. The molecule has 0 bridgehead atoms. The molecule has 0 aromatic carbocycles. The first-order valence-corrected chi connectivity index (χ1v) is 13.7. The Hall–Kier alpha value is -1.06. The maximum absolute atomic E-state index is 12.1. The van der Waals surface area contributed by atoms with E-state index in [4.69, 9.17) is 9.47 Å². The second-order valence-electron chi connectivity index (χ2n) is 10.1. The third-order valence-corrected chi connectivity index (χ3v) is 6.11. The molecule has 190 valence electrons. The SMILES string of the molecule is CCCCCCCCCCCCCCCCCCOC(=O)CC(C(=O)OC(C)C)C(C)C. The second-order valence-corrected chi connectivity index (χ2v) is 10.1. The summed E-state index contributed by atoms with van der Waals surface area (Å²) in [6.45, 7) is 10.3. The minimum Gasteiger partial charge on any atom is -0.466 e. The van der Waals surface area contributed by atoms with E-state index in [0.717, 1.165) is 12.8 Å². The Bertz CT molecular complexity index is 445. The van der Waals surface area contributed by atoms with Gasteiger partial charge in [-0.1, -0.05) is 117 Å². The first kappa shape index (κ1) is 30.9. The number of hydrogen-bond acceptors (Lipinski definition) is 4. The van der Waals surface area contributed by atoms with Crippen LogP contribution in [0.15, 0.2) is 0 Å². The van der Waals surface area contributed by atoms with Gasteiger partial charge in [-0.15, -0.1) is 0 Å². The van der Waals surface area contributed by atoms with Crippen molar-refractivity contribution in [3.63, 3.8) is 0 Å². The Kier molecular flexibility index (Phi) is 21.0. The van der Waals surface area contributed by atoms with E-state index >= 15 is 0 Å². The summed E-state index contributed by atoms with van der Waals surface area (Å²) in [6, 6.07) is 0. The lowest BCUT2D eigenvalue weighted by molar-refractivity contribution is -0.159. The van der Waals surface area contributed by atoms with E-state index in [9.17, 15) is 9.59 Å². The van der Waals surface area contributed by atoms with E-state index in [1.54, 1.807) is 0 Å². The molecule has 0 amide bonds. The van der Waals surface area contributed by atoms with Crippen molar-refractivity contribution in [2.24, 2.45) is 11.8 Å². The summed E-state index contributed by atoms with van der Waals surface area (Å²) in [5.41, 5.74) is 0. The van der Waals surface area contributed by atoms with E-state index in [2.05, 4.69) is 6.92 Å². The Morgan fingerprint density at radius 3 is 1.41 bits per heavy atom. The lowest BCUT2D eigenvalue weighted by Gasteiger charge is -2.20. The Morgan fingerprint density at radius 2 is 1.03 bits per heavy atom. The molecule has 0 aliphatic carbocycles. The van der Waals surface area contributed by atoms with Crippen molar-refractivity contribution in [2.45, 2.75) is 150 Å². The average molecular weight is 455 g/mol. The second kappa shape index (κ2) is 21.8. The molecule has 0 rings (SSSR count). The summed E-state index contributed by atoms with van der Waals surface area (Å²) in [7, 11) is 0. The van der Waals surface area contributed by atoms with Gasteiger partial charge in [0.1, 0.15) is 0 Å². The van der Waals surface area contributed by atoms with Gasteiger partial charge in [-0.2, -0.15) is 0 Å². The van der Waals surface area contributed by atoms with Crippen LogP contribution in [0.1, 0.15) is 144 Å². The summed E-state index contributed by atoms with van der Waals surface area (Å²) in [5, 5.41) is 0. The molecular formula is C28H54O4. The predicted octanol–water partition coefficient (Wildman–Crippen LogP) is 8.41. The number of hydrogen-bond donors (Lipinski definition) is 0. The fourth-order valence-electron chi connectivity index (χ4n) is 3.99. The number of rotatable bonds is 22. The number of carbonyl (C=O) groups excluding carboxylic acids is 2. The van der Waals surface area contributed by atoms with Crippen LogP contribution in [0.2, 0.25) is 0 Å². The zero-order chi connectivity index (χ0) is 24.0. The fourth-order valence-corrected chi connectivity index (χ4v) is 3.99. The summed E-state index contributed by atoms with van der Waals surface area (Å²) in [5.74, 6) is -0.945. The van der Waals surface area contributed by atoms with Crippen molar-refractivity contribution in [1.29, 1.82) is 0 Å². The molecule has 32 heavy (non-hydrogen) atoms. The van der Waals surface area contributed by atoms with Crippen LogP contribution >= 0.6 is 0 Å². The molecule has 0 aliphatic heterocycles. The third-order valence-electron chi connectivity index (χ3n) is 6.11. The van der Waals surface area contributed by atoms with Gasteiger partial charge in [0.25, 0.3) is 0 Å². The Morgan fingerprint density at radius 1 is 0.625 bits per heavy atom. The zero-order valence-electron chi connectivity index (χ0n) is 22.1. The molecule has 0 spiro atoms. The first-order valence-electron chi connectivity index (χ1n) is 13.7. The molecule has 0 aromatic rings. The summed E-state index contributed by atoms with van der Waals surface area (Å²) in [4.78, 5) is 24.2. The highest BCUT2D eigenvalue weighted by atomic mass is 16.5. The minimum absolute atomic E-state index is 0.0596. The van der Waals surface area contributed by atoms with Crippen LogP contribution in [-0.2, 0) is 19.1 Å². The lowest BCUT2D eigenvalue weighted by atomic mass is 9.92. The van der Waals surface area contributed by atoms with Crippen LogP contribution in [0.25, 0.3) is 0 Å². The molecule has 0 aromatic heterocycles. The van der Waals surface area contributed by atoms with Gasteiger partial charge in [-0.25, -0.2) is 0 Å². The highest BCUT2D eigenvalue weighted by Gasteiger charge is 2.27. The van der Waals surface area contributed by atoms with Crippen molar-refractivity contribution in [3.05, 3.63) is 0 Å². The molecule has 0 N–H and O–H groups in total. The smallest absolute Gasteiger partial charge is 0.310 e. The number of unbranched alkanes of at least 4 members (excludes halogenated alkanes) is 15. The maximum atomic E-state index is 12.1. The van der Waals surface area contributed by atoms with Crippen molar-refractivity contribution >= 4 is 11.9 Å². The van der Waals surface area contributed by atoms with Crippen LogP contribution < -0.4 is 0 Å². The molecule has 0 radical (unpaired) electrons. The summed E-state index contributed by atoms with van der Waals surface area (Å²) >= 11 is 0. The molecule has 4 heteroatoms. The van der Waals surface area contributed by atoms with Gasteiger partial charge < -0.3 is 9.47 Å². The van der Waals surface area contributed by atoms with Crippen LogP contribution in [0, 0.1) is 11.8 Å². The molecule has 0 saturated heterocycles. The first-order chi connectivity index (χ1) is 15.4. The van der Waals surface area contributed by atoms with E-state index < -0.39 is 5.92 Å². The van der Waals surface area contributed by atoms with Crippen LogP contribution in [-0.4, -0.2) is 24.6 Å². The van der Waals surface area contributed by atoms with Crippen molar-refractivity contribution in [3.8, 4) is 0 Å². The summed E-state index contributed by atoms with van der Waals surface area (Å²) < 4.78 is 10.6. The third kappa shape index (κ3) is 19.6. The van der Waals surface area contributed by atoms with Crippen molar-refractivity contribution in [1.82, 2.24) is 0 Å². The van der Waals surface area contributed by atoms with Gasteiger partial charge in [0, 0.05) is 0 Å². The Balaban J connectivity index is 3.50. The van der Waals surface area contributed by atoms with Gasteiger partial charge in [0.2, 0.25) is 0 Å². The van der Waals surface area contributed by atoms with Gasteiger partial charge in [-0.05, 0) is 26.2 Å². The van der Waals surface area contributed by atoms with Gasteiger partial charge in [0.05, 0.1) is 25.0 Å². The van der Waals surface area contributed by atoms with E-state index in [1.807, 2.05) is 27.7 Å². The van der Waals surface area contributed by atoms with Gasteiger partial charge in [-0.3, -0.25) is 9.59 Å². The van der Waals surface area contributed by atoms with E-state index in [1.165, 1.54) is 89.9 Å². The Labute approximate surface area is 199 Å². The standard InChI is InChI=1S/C28H54O4/c1-6-7-8-9-10-11-12-13-14-15-16-17-18-19-20-21-22-31-27(29)23-26(24(2)3)28(30)32-25(4)5/h24-26H,6-23H2,1-5H3. The number of esters is 2. The molecule has 1 atom stereocenters. The maximum Gasteiger partial charge on any atom is 0.310 e. The predicted molar refractivity (Wildman–Crippen MR) is 135 cm³/mol. The van der Waals surface area contributed by atoms with Gasteiger partial charge in [0.15, 0.2) is 0 Å². The van der Waals surface area contributed by atoms with E-state index in [-0.39, 0.29) is 30.4 Å². The summed E-state index contributed by atoms with van der Waals surface area (Å²) in [6.07, 6.45) is 21.2. The van der Waals surface area contributed by atoms with Crippen molar-refractivity contribution < 1.29 is 19.1 Å². The topological polar surface area (TPSA) is 52.6 Å². The fraction of sp³-hybridized carbons (Fsp3) is 0.929. The monoisotopic (exact) mass is 454 g/mol. The number of carbonyl (C=O) groups is 2. The average Bonchev–Trinajstić information content (AvgIpc) is 2.73. The van der Waals surface area contributed by atoms with Crippen molar-refractivity contribution in [2.75, 3.05) is 6.61 Å². The molecule has 1 unspecified atom stereocenters. The van der Waals surface area contributed by atoms with Crippen LogP contribution in [0.5, 0.6) is 0 Å². The molecule has 0 fully saturated rings. The zero-order valence-corrected chi connectivity index (χ0v) is 22.1. The quantitative estimate of drug-likeness (QED) is 0.122.